The molecule has 0 radical (unpaired) electrons. The second-order valence-corrected chi connectivity index (χ2v) is 7.30. The number of nitrogens with zero attached hydrogens (tertiary/aromatic N) is 4. The van der Waals surface area contributed by atoms with Crippen molar-refractivity contribution < 1.29 is 9.53 Å². The van der Waals surface area contributed by atoms with Crippen LogP contribution in [0.4, 0.5) is 5.82 Å². The lowest BCUT2D eigenvalue weighted by atomic mass is 9.85. The fourth-order valence-electron chi connectivity index (χ4n) is 3.48. The van der Waals surface area contributed by atoms with E-state index in [-0.39, 0.29) is 11.8 Å². The Morgan fingerprint density at radius 1 is 1.21 bits per heavy atom. The second kappa shape index (κ2) is 8.57. The predicted octanol–water partition coefficient (Wildman–Crippen LogP) is 2.60. The summed E-state index contributed by atoms with van der Waals surface area (Å²) in [7, 11) is 1.62. The van der Waals surface area contributed by atoms with Crippen molar-refractivity contribution in [1.29, 1.82) is 0 Å². The van der Waals surface area contributed by atoms with Crippen molar-refractivity contribution in [2.45, 2.75) is 32.8 Å². The van der Waals surface area contributed by atoms with Gasteiger partial charge >= 0.3 is 0 Å². The Balaban J connectivity index is 1.58. The molecule has 0 bridgehead atoms. The SMILES string of the molecule is COCc1nc(NCCNC(=O)C2CCC2)c2c(C)nn(-c3ccccc3)c2n1. The Kier molecular flexibility index (Phi) is 5.71. The van der Waals surface area contributed by atoms with Gasteiger partial charge in [0.15, 0.2) is 11.5 Å². The first-order valence-electron chi connectivity index (χ1n) is 9.99. The Morgan fingerprint density at radius 2 is 2.00 bits per heavy atom. The predicted molar refractivity (Wildman–Crippen MR) is 111 cm³/mol. The molecule has 1 fully saturated rings. The summed E-state index contributed by atoms with van der Waals surface area (Å²) < 4.78 is 7.08. The molecule has 0 atom stereocenters. The number of ether oxygens (including phenoxy) is 1. The van der Waals surface area contributed by atoms with Crippen LogP contribution >= 0.6 is 0 Å². The Bertz CT molecular complexity index is 997. The summed E-state index contributed by atoms with van der Waals surface area (Å²) in [6.07, 6.45) is 3.16. The number of aromatic nitrogens is 4. The van der Waals surface area contributed by atoms with Crippen LogP contribution in [0.1, 0.15) is 30.8 Å². The molecule has 1 aliphatic carbocycles. The monoisotopic (exact) mass is 394 g/mol. The number of para-hydroxylation sites is 1. The lowest BCUT2D eigenvalue weighted by Gasteiger charge is -2.24. The molecule has 1 aromatic carbocycles. The van der Waals surface area contributed by atoms with Crippen LogP contribution in [0, 0.1) is 12.8 Å². The third kappa shape index (κ3) is 4.07. The highest BCUT2D eigenvalue weighted by Gasteiger charge is 2.24. The molecule has 152 valence electrons. The van der Waals surface area contributed by atoms with Gasteiger partial charge in [0.05, 0.1) is 16.8 Å². The van der Waals surface area contributed by atoms with E-state index in [4.69, 9.17) is 4.74 Å². The van der Waals surface area contributed by atoms with Gasteiger partial charge in [0, 0.05) is 26.1 Å². The van der Waals surface area contributed by atoms with Crippen LogP contribution < -0.4 is 10.6 Å². The van der Waals surface area contributed by atoms with Crippen molar-refractivity contribution in [1.82, 2.24) is 25.1 Å². The van der Waals surface area contributed by atoms with Crippen LogP contribution in [-0.2, 0) is 16.1 Å². The van der Waals surface area contributed by atoms with Gasteiger partial charge in [-0.05, 0) is 31.9 Å². The Labute approximate surface area is 169 Å². The Morgan fingerprint density at radius 3 is 2.69 bits per heavy atom. The van der Waals surface area contributed by atoms with Crippen molar-refractivity contribution in [2.24, 2.45) is 5.92 Å². The highest BCUT2D eigenvalue weighted by atomic mass is 16.5. The number of nitrogens with one attached hydrogen (secondary N) is 2. The Hall–Kier alpha value is -3.00. The molecule has 1 amide bonds. The van der Waals surface area contributed by atoms with E-state index in [0.717, 1.165) is 41.7 Å². The molecule has 0 aliphatic heterocycles. The quantitative estimate of drug-likeness (QED) is 0.571. The molecule has 0 saturated heterocycles. The smallest absolute Gasteiger partial charge is 0.223 e. The summed E-state index contributed by atoms with van der Waals surface area (Å²) in [4.78, 5) is 21.3. The average molecular weight is 394 g/mol. The molecule has 0 spiro atoms. The van der Waals surface area contributed by atoms with Crippen molar-refractivity contribution in [3.05, 3.63) is 41.9 Å². The van der Waals surface area contributed by atoms with Gasteiger partial charge in [-0.15, -0.1) is 0 Å². The lowest BCUT2D eigenvalue weighted by molar-refractivity contribution is -0.127. The normalized spacial score (nSPS) is 14.0. The fourth-order valence-corrected chi connectivity index (χ4v) is 3.48. The van der Waals surface area contributed by atoms with Gasteiger partial charge in [0.2, 0.25) is 5.91 Å². The minimum absolute atomic E-state index is 0.152. The first-order valence-corrected chi connectivity index (χ1v) is 9.99. The first kappa shape index (κ1) is 19.3. The second-order valence-electron chi connectivity index (χ2n) is 7.30. The van der Waals surface area contributed by atoms with Crippen LogP contribution in [0.3, 0.4) is 0 Å². The van der Waals surface area contributed by atoms with Gasteiger partial charge in [0.25, 0.3) is 0 Å². The van der Waals surface area contributed by atoms with Crippen molar-refractivity contribution in [3.63, 3.8) is 0 Å². The number of hydrogen-bond donors (Lipinski definition) is 2. The van der Waals surface area contributed by atoms with Crippen LogP contribution in [0.15, 0.2) is 30.3 Å². The average Bonchev–Trinajstić information content (AvgIpc) is 3.01. The van der Waals surface area contributed by atoms with E-state index in [2.05, 4.69) is 25.7 Å². The number of methoxy groups -OCH3 is 1. The van der Waals surface area contributed by atoms with Gasteiger partial charge in [-0.25, -0.2) is 14.6 Å². The van der Waals surface area contributed by atoms with E-state index in [1.54, 1.807) is 7.11 Å². The van der Waals surface area contributed by atoms with Crippen LogP contribution in [0.25, 0.3) is 16.7 Å². The maximum atomic E-state index is 12.0. The van der Waals surface area contributed by atoms with E-state index in [1.807, 2.05) is 41.9 Å². The largest absolute Gasteiger partial charge is 0.377 e. The zero-order valence-electron chi connectivity index (χ0n) is 16.8. The molecule has 2 heterocycles. The third-order valence-electron chi connectivity index (χ3n) is 5.22. The van der Waals surface area contributed by atoms with Crippen molar-refractivity contribution >= 4 is 22.8 Å². The summed E-state index contributed by atoms with van der Waals surface area (Å²) >= 11 is 0. The zero-order chi connectivity index (χ0) is 20.2. The van der Waals surface area contributed by atoms with E-state index >= 15 is 0 Å². The molecular weight excluding hydrogens is 368 g/mol. The summed E-state index contributed by atoms with van der Waals surface area (Å²) in [5.74, 6) is 1.64. The summed E-state index contributed by atoms with van der Waals surface area (Å²) in [6, 6.07) is 9.90. The van der Waals surface area contributed by atoms with Gasteiger partial charge < -0.3 is 15.4 Å². The molecule has 3 aromatic rings. The number of benzene rings is 1. The number of carbonyl (C=O) groups excluding carboxylic acids is 1. The molecule has 0 unspecified atom stereocenters. The van der Waals surface area contributed by atoms with Crippen LogP contribution in [-0.4, -0.2) is 45.9 Å². The van der Waals surface area contributed by atoms with Crippen molar-refractivity contribution in [2.75, 3.05) is 25.5 Å². The summed E-state index contributed by atoms with van der Waals surface area (Å²) in [5, 5.41) is 11.9. The standard InChI is InChI=1S/C21H26N6O2/c1-14-18-19(22-11-12-23-21(28)15-7-6-8-15)24-17(13-29-2)25-20(18)27(26-14)16-9-4-3-5-10-16/h3-5,9-10,15H,6-8,11-13H2,1-2H3,(H,23,28)(H,22,24,25). The van der Waals surface area contributed by atoms with E-state index in [9.17, 15) is 4.79 Å². The van der Waals surface area contributed by atoms with Crippen LogP contribution in [0.2, 0.25) is 0 Å². The minimum Gasteiger partial charge on any atom is -0.377 e. The summed E-state index contributed by atoms with van der Waals surface area (Å²) in [5.41, 5.74) is 2.51. The van der Waals surface area contributed by atoms with E-state index in [1.165, 1.54) is 0 Å². The fraction of sp³-hybridized carbons (Fsp3) is 0.429. The molecule has 8 nitrogen and oxygen atoms in total. The summed E-state index contributed by atoms with van der Waals surface area (Å²) in [6.45, 7) is 3.38. The maximum absolute atomic E-state index is 12.0. The number of aryl methyl sites for hydroxylation is 1. The molecule has 2 aromatic heterocycles. The number of rotatable bonds is 8. The molecule has 1 aliphatic rings. The van der Waals surface area contributed by atoms with Crippen molar-refractivity contribution in [3.8, 4) is 5.69 Å². The molecule has 4 rings (SSSR count). The first-order chi connectivity index (χ1) is 14.2. The maximum Gasteiger partial charge on any atom is 0.223 e. The van der Waals surface area contributed by atoms with Gasteiger partial charge in [-0.3, -0.25) is 4.79 Å². The van der Waals surface area contributed by atoms with Gasteiger partial charge in [0.1, 0.15) is 12.4 Å². The molecule has 29 heavy (non-hydrogen) atoms. The zero-order valence-corrected chi connectivity index (χ0v) is 16.8. The number of carbonyl (C=O) groups is 1. The topological polar surface area (TPSA) is 94.0 Å². The van der Waals surface area contributed by atoms with Gasteiger partial charge in [-0.2, -0.15) is 5.10 Å². The number of fused-ring (bicyclic) bond motifs is 1. The van der Waals surface area contributed by atoms with E-state index < -0.39 is 0 Å². The molecule has 2 N–H and O–H groups in total. The minimum atomic E-state index is 0.152. The van der Waals surface area contributed by atoms with Gasteiger partial charge in [-0.1, -0.05) is 24.6 Å². The number of amides is 1. The molecule has 8 heteroatoms. The number of hydrogen-bond acceptors (Lipinski definition) is 6. The number of anilines is 1. The highest BCUT2D eigenvalue weighted by Crippen LogP contribution is 2.27. The molecular formula is C21H26N6O2. The lowest BCUT2D eigenvalue weighted by Crippen LogP contribution is -2.37. The van der Waals surface area contributed by atoms with E-state index in [0.29, 0.717) is 31.3 Å². The highest BCUT2D eigenvalue weighted by molar-refractivity contribution is 5.90. The third-order valence-corrected chi connectivity index (χ3v) is 5.22. The van der Waals surface area contributed by atoms with Crippen LogP contribution in [0.5, 0.6) is 0 Å². The molecule has 1 saturated carbocycles.